The number of para-hydroxylation sites is 1. The number of benzene rings is 4. The maximum atomic E-state index is 13.9. The first kappa shape index (κ1) is 84.6. The third-order valence-corrected chi connectivity index (χ3v) is 22.6. The standard InChI is InChI=1S/C74H87F2N9O21S4/c1-72(2)58-39-54(109(99,100)101)24-26-60(58)83(63(72)28-18-47-13-10-14-48(70(47)106-52-20-22-53(23-21-52)108(96,97)98)19-29-64-73(3,4)59-40-55(110(102,103)104)25-27-61(59)84(64)34-8-9-36-107(93,94)95)33-7-5-6-17-65(88)80-43-51(87)38-67(90)81-44-50(86)37-66(89)78-31-12-35-105-62-16-11-15-56-57(30-32-79-69(56)62)71(92)82-45-68(91)85-46-74(75,76)41-49(85)42-77/h11,15-16,18-30,32,39-40,49-51,86-87H,5-10,12-14,17,31,33-38,41,43-46H2,1-4H3,(H7-,78,80,81,82,88,89,90,92,93,94,95,96,97,98,99,100,101,102,103,104)/p+1/t49-,50?,51?/m0/s1. The number of nitriles is 1. The van der Waals surface area contributed by atoms with Gasteiger partial charge < -0.3 is 50.8 Å². The summed E-state index contributed by atoms with van der Waals surface area (Å²) in [6.45, 7) is 6.18. The number of aliphatic hydroxyl groups is 2. The SMILES string of the molecule is CC1(C)C(=CC=C2CCCC(C=CC3=[N+](CCCCCC(=O)NCC(O)CC(=O)NCC(O)CC(=O)NCCCOc4cccc5c(C(=O)NCC(=O)N6CC(F)(F)C[C@H]6C#N)ccnc45)c4ccc(S(=O)(=O)O)cc4C3(C)C)=C2Oc2ccc(S(=O)(=O)O)cc2)N(CCCCS(=O)(=O)O)c2ccc(S(=O)(=O)O)cc21. The van der Waals surface area contributed by atoms with Crippen LogP contribution in [0, 0.1) is 11.3 Å². The summed E-state index contributed by atoms with van der Waals surface area (Å²) in [6, 6.07) is 20.2. The third-order valence-electron chi connectivity index (χ3n) is 19.3. The number of hydrogen-bond acceptors (Lipinski definition) is 20. The van der Waals surface area contributed by atoms with Crippen LogP contribution in [0.4, 0.5) is 20.2 Å². The smallest absolute Gasteiger partial charge is 0.294 e. The number of hydrogen-bond donors (Lipinski definition) is 10. The predicted octanol–water partition coefficient (Wildman–Crippen LogP) is 7.07. The number of ether oxygens (including phenoxy) is 2. The molecule has 4 aliphatic rings. The van der Waals surface area contributed by atoms with Crippen LogP contribution >= 0.6 is 0 Å². The summed E-state index contributed by atoms with van der Waals surface area (Å²) in [6.07, 6.45) is 8.23. The average molecular weight is 1610 g/mol. The first-order valence-corrected chi connectivity index (χ1v) is 41.3. The van der Waals surface area contributed by atoms with Crippen LogP contribution in [0.15, 0.2) is 153 Å². The van der Waals surface area contributed by atoms with E-state index in [1.807, 2.05) is 61.5 Å². The largest absolute Gasteiger partial charge is 0.491 e. The maximum absolute atomic E-state index is 13.9. The van der Waals surface area contributed by atoms with Crippen LogP contribution in [0.5, 0.6) is 11.5 Å². The van der Waals surface area contributed by atoms with Crippen LogP contribution in [0.25, 0.3) is 10.9 Å². The Labute approximate surface area is 636 Å². The Kier molecular flexibility index (Phi) is 27.1. The minimum Gasteiger partial charge on any atom is -0.491 e. The van der Waals surface area contributed by atoms with E-state index in [1.165, 1.54) is 60.8 Å². The number of rotatable bonds is 35. The number of carbonyl (C=O) groups excluding carboxylic acids is 5. The van der Waals surface area contributed by atoms with Crippen LogP contribution < -0.4 is 35.6 Å². The van der Waals surface area contributed by atoms with Crippen molar-refractivity contribution in [3.63, 3.8) is 0 Å². The highest BCUT2D eigenvalue weighted by Gasteiger charge is 2.48. The van der Waals surface area contributed by atoms with Crippen molar-refractivity contribution >= 4 is 98.0 Å². The van der Waals surface area contributed by atoms with Gasteiger partial charge in [0.15, 0.2) is 5.71 Å². The molecule has 3 atom stereocenters. The van der Waals surface area contributed by atoms with E-state index >= 15 is 0 Å². The molecule has 0 spiro atoms. The first-order valence-electron chi connectivity index (χ1n) is 35.4. The molecule has 36 heteroatoms. The zero-order valence-corrected chi connectivity index (χ0v) is 64.0. The van der Waals surface area contributed by atoms with Gasteiger partial charge in [-0.1, -0.05) is 32.1 Å². The number of likely N-dealkylation sites (tertiary alicyclic amines) is 1. The number of fused-ring (bicyclic) bond motifs is 3. The van der Waals surface area contributed by atoms with Gasteiger partial charge in [-0.05, 0) is 161 Å². The Morgan fingerprint density at radius 2 is 1.36 bits per heavy atom. The van der Waals surface area contributed by atoms with Crippen molar-refractivity contribution in [3.8, 4) is 17.6 Å². The van der Waals surface area contributed by atoms with Gasteiger partial charge in [-0.3, -0.25) is 47.2 Å². The molecular formula is C74H88F2N9O21S4+. The molecule has 9 rings (SSSR count). The lowest BCUT2D eigenvalue weighted by atomic mass is 9.81. The number of aliphatic hydroxyl groups excluding tert-OH is 2. The summed E-state index contributed by atoms with van der Waals surface area (Å²) in [5.74, 6) is -5.96. The number of nitrogens with one attached hydrogen (secondary N) is 4. The molecule has 1 saturated heterocycles. The van der Waals surface area contributed by atoms with Crippen LogP contribution in [0.3, 0.4) is 0 Å². The van der Waals surface area contributed by atoms with Gasteiger partial charge in [0.1, 0.15) is 35.4 Å². The summed E-state index contributed by atoms with van der Waals surface area (Å²) in [7, 11) is -18.1. The van der Waals surface area contributed by atoms with Crippen molar-refractivity contribution in [2.24, 2.45) is 0 Å². The van der Waals surface area contributed by atoms with Crippen molar-refractivity contribution in [1.82, 2.24) is 31.2 Å². The van der Waals surface area contributed by atoms with Gasteiger partial charge in [-0.25, -0.2) is 8.78 Å². The Balaban J connectivity index is 0.781. The van der Waals surface area contributed by atoms with Crippen molar-refractivity contribution in [3.05, 3.63) is 155 Å². The molecular weight excluding hydrogens is 1520 g/mol. The molecule has 10 N–H and O–H groups in total. The molecule has 1 aliphatic carbocycles. The zero-order valence-electron chi connectivity index (χ0n) is 60.7. The third kappa shape index (κ3) is 21.8. The molecule has 2 unspecified atom stereocenters. The summed E-state index contributed by atoms with van der Waals surface area (Å²) >= 11 is 0. The highest BCUT2D eigenvalue weighted by molar-refractivity contribution is 7.86. The molecule has 592 valence electrons. The lowest BCUT2D eigenvalue weighted by Gasteiger charge is -2.27. The van der Waals surface area contributed by atoms with Gasteiger partial charge in [-0.2, -0.15) is 43.5 Å². The summed E-state index contributed by atoms with van der Waals surface area (Å²) in [4.78, 5) is 70.2. The molecule has 4 aromatic carbocycles. The van der Waals surface area contributed by atoms with Gasteiger partial charge in [0.2, 0.25) is 29.3 Å². The first-order chi connectivity index (χ1) is 51.6. The summed E-state index contributed by atoms with van der Waals surface area (Å²) in [5.41, 5.74) is 3.71. The van der Waals surface area contributed by atoms with E-state index in [4.69, 9.17) is 9.47 Å². The van der Waals surface area contributed by atoms with E-state index in [2.05, 4.69) is 26.3 Å². The molecule has 1 aromatic heterocycles. The number of unbranched alkanes of at least 4 members (excludes halogenated alkanes) is 3. The van der Waals surface area contributed by atoms with E-state index in [0.29, 0.717) is 125 Å². The second-order valence-corrected chi connectivity index (χ2v) is 34.0. The van der Waals surface area contributed by atoms with E-state index in [0.717, 1.165) is 4.90 Å². The van der Waals surface area contributed by atoms with Crippen molar-refractivity contribution in [1.29, 1.82) is 5.26 Å². The average Bonchev–Trinajstić information content (AvgIpc) is 1.58. The second kappa shape index (κ2) is 35.3. The van der Waals surface area contributed by atoms with Gasteiger partial charge in [0.05, 0.1) is 82.2 Å². The van der Waals surface area contributed by atoms with Gasteiger partial charge in [0.25, 0.3) is 52.3 Å². The minimum absolute atomic E-state index is 0.0494. The highest BCUT2D eigenvalue weighted by Crippen LogP contribution is 2.49. The number of aromatic nitrogens is 1. The van der Waals surface area contributed by atoms with Crippen molar-refractivity contribution in [2.45, 2.75) is 161 Å². The van der Waals surface area contributed by atoms with Crippen LogP contribution in [-0.4, -0.2) is 194 Å². The second-order valence-electron chi connectivity index (χ2n) is 28.2. The molecule has 0 bridgehead atoms. The fraction of sp³-hybridized carbons (Fsp3) is 0.432. The fourth-order valence-electron chi connectivity index (χ4n) is 13.7. The molecule has 5 amide bonds. The normalized spacial score (nSPS) is 18.1. The minimum atomic E-state index is -4.65. The highest BCUT2D eigenvalue weighted by atomic mass is 32.2. The van der Waals surface area contributed by atoms with Crippen LogP contribution in [0.1, 0.15) is 133 Å². The number of anilines is 1. The number of pyridine rings is 1. The number of halogens is 2. The number of amides is 5. The molecule has 0 saturated carbocycles. The molecule has 30 nitrogen and oxygen atoms in total. The molecule has 1 fully saturated rings. The van der Waals surface area contributed by atoms with Gasteiger partial charge in [0, 0.05) is 91.5 Å². The molecule has 5 aromatic rings. The fourth-order valence-corrected chi connectivity index (χ4v) is 15.7. The van der Waals surface area contributed by atoms with Gasteiger partial charge in [-0.15, -0.1) is 0 Å². The summed E-state index contributed by atoms with van der Waals surface area (Å²) < 4.78 is 179. The number of allylic oxidation sites excluding steroid dienone is 7. The van der Waals surface area contributed by atoms with E-state index in [9.17, 15) is 100 Å². The predicted molar refractivity (Wildman–Crippen MR) is 398 cm³/mol. The number of nitrogens with zero attached hydrogens (tertiary/aromatic N) is 5. The lowest BCUT2D eigenvalue weighted by molar-refractivity contribution is -0.438. The summed E-state index contributed by atoms with van der Waals surface area (Å²) in [5, 5.41) is 40.9. The Bertz CT molecular complexity index is 5060. The molecule has 0 radical (unpaired) electrons. The zero-order chi connectivity index (χ0) is 80.3. The van der Waals surface area contributed by atoms with Gasteiger partial charge >= 0.3 is 0 Å². The molecule has 110 heavy (non-hydrogen) atoms. The van der Waals surface area contributed by atoms with E-state index in [-0.39, 0.29) is 78.0 Å². The lowest BCUT2D eigenvalue weighted by Crippen LogP contribution is -2.43. The van der Waals surface area contributed by atoms with E-state index in [1.54, 1.807) is 36.4 Å². The Morgan fingerprint density at radius 1 is 0.718 bits per heavy atom. The molecule has 3 aliphatic heterocycles. The molecule has 4 heterocycles. The van der Waals surface area contributed by atoms with Crippen LogP contribution in [0.2, 0.25) is 0 Å². The van der Waals surface area contributed by atoms with Crippen molar-refractivity contribution in [2.75, 3.05) is 63.1 Å². The quantitative estimate of drug-likeness (QED) is 0.0110. The number of alkyl halides is 2. The van der Waals surface area contributed by atoms with Crippen LogP contribution in [-0.2, 0) is 70.5 Å². The monoisotopic (exact) mass is 1600 g/mol. The van der Waals surface area contributed by atoms with E-state index < -0.39 is 137 Å². The Morgan fingerprint density at radius 3 is 2.03 bits per heavy atom. The topological polar surface area (TPSA) is 456 Å². The van der Waals surface area contributed by atoms with Crippen molar-refractivity contribution < 1.29 is 109 Å². The Hall–Kier alpha value is -9.42. The number of carbonyl (C=O) groups is 5. The maximum Gasteiger partial charge on any atom is 0.294 e.